The van der Waals surface area contributed by atoms with Crippen molar-refractivity contribution in [3.8, 4) is 22.3 Å². The van der Waals surface area contributed by atoms with E-state index in [1.54, 1.807) is 19.2 Å². The van der Waals surface area contributed by atoms with E-state index in [1.807, 2.05) is 24.3 Å². The molecule has 2 amide bonds. The first-order chi connectivity index (χ1) is 9.13. The Morgan fingerprint density at radius 1 is 1.00 bits per heavy atom. The average Bonchev–Trinajstić information content (AvgIpc) is 2.60. The van der Waals surface area contributed by atoms with Crippen molar-refractivity contribution in [3.63, 3.8) is 0 Å². The van der Waals surface area contributed by atoms with Crippen LogP contribution in [0, 0.1) is 0 Å². The highest BCUT2D eigenvalue weighted by molar-refractivity contribution is 6.13. The van der Waals surface area contributed by atoms with Gasteiger partial charge in [0.15, 0.2) is 0 Å². The van der Waals surface area contributed by atoms with Crippen molar-refractivity contribution in [2.24, 2.45) is 5.73 Å². The van der Waals surface area contributed by atoms with E-state index >= 15 is 0 Å². The number of amides is 2. The molecule has 0 unspecified atom stereocenters. The molecular formula is C15H12N2O2. The summed E-state index contributed by atoms with van der Waals surface area (Å²) in [5.41, 5.74) is 9.54. The topological polar surface area (TPSA) is 72.2 Å². The summed E-state index contributed by atoms with van der Waals surface area (Å²) in [5, 5.41) is 2.58. The molecular weight excluding hydrogens is 240 g/mol. The van der Waals surface area contributed by atoms with Gasteiger partial charge in [0.1, 0.15) is 0 Å². The van der Waals surface area contributed by atoms with Crippen molar-refractivity contribution in [1.29, 1.82) is 0 Å². The molecule has 0 heterocycles. The normalized spacial score (nSPS) is 11.0. The highest BCUT2D eigenvalue weighted by atomic mass is 16.2. The molecule has 0 saturated heterocycles. The van der Waals surface area contributed by atoms with Crippen molar-refractivity contribution < 1.29 is 9.59 Å². The number of carbonyl (C=O) groups is 2. The molecule has 2 aromatic rings. The monoisotopic (exact) mass is 252 g/mol. The summed E-state index contributed by atoms with van der Waals surface area (Å²) < 4.78 is 0. The molecule has 0 fully saturated rings. The Bertz CT molecular complexity index is 703. The van der Waals surface area contributed by atoms with E-state index in [2.05, 4.69) is 5.32 Å². The molecule has 3 N–H and O–H groups in total. The third-order valence-electron chi connectivity index (χ3n) is 3.41. The Kier molecular flexibility index (Phi) is 2.38. The minimum atomic E-state index is -0.516. The molecule has 0 radical (unpaired) electrons. The molecule has 0 aliphatic heterocycles. The highest BCUT2D eigenvalue weighted by Crippen LogP contribution is 2.39. The molecule has 2 aromatic carbocycles. The minimum Gasteiger partial charge on any atom is -0.366 e. The molecule has 4 rings (SSSR count). The molecule has 19 heavy (non-hydrogen) atoms. The van der Waals surface area contributed by atoms with Gasteiger partial charge in [-0.05, 0) is 22.8 Å². The third kappa shape index (κ3) is 1.53. The van der Waals surface area contributed by atoms with Gasteiger partial charge >= 0.3 is 0 Å². The number of hydrogen-bond donors (Lipinski definition) is 2. The first-order valence-corrected chi connectivity index (χ1v) is 5.93. The Morgan fingerprint density at radius 3 is 2.21 bits per heavy atom. The smallest absolute Gasteiger partial charge is 0.251 e. The lowest BCUT2D eigenvalue weighted by molar-refractivity contribution is 0.0963. The number of nitrogens with two attached hydrogens (primary N) is 1. The summed E-state index contributed by atoms with van der Waals surface area (Å²) in [6.07, 6.45) is 0. The summed E-state index contributed by atoms with van der Waals surface area (Å²) in [6, 6.07) is 11.2. The van der Waals surface area contributed by atoms with Gasteiger partial charge in [0.2, 0.25) is 5.91 Å². The summed E-state index contributed by atoms with van der Waals surface area (Å²) >= 11 is 0. The van der Waals surface area contributed by atoms with Crippen molar-refractivity contribution in [2.45, 2.75) is 0 Å². The van der Waals surface area contributed by atoms with Crippen LogP contribution in [0.5, 0.6) is 0 Å². The molecule has 2 aliphatic rings. The first kappa shape index (κ1) is 11.5. The lowest BCUT2D eigenvalue weighted by Gasteiger charge is -2.12. The van der Waals surface area contributed by atoms with Crippen molar-refractivity contribution in [2.75, 3.05) is 7.05 Å². The maximum absolute atomic E-state index is 12.0. The Hall–Kier alpha value is -2.62. The van der Waals surface area contributed by atoms with Crippen LogP contribution < -0.4 is 11.1 Å². The van der Waals surface area contributed by atoms with Crippen molar-refractivity contribution in [1.82, 2.24) is 5.32 Å². The second kappa shape index (κ2) is 3.95. The molecule has 4 nitrogen and oxygen atoms in total. The van der Waals surface area contributed by atoms with Gasteiger partial charge in [-0.3, -0.25) is 9.59 Å². The molecule has 0 saturated carbocycles. The van der Waals surface area contributed by atoms with Crippen LogP contribution in [0.15, 0.2) is 36.4 Å². The van der Waals surface area contributed by atoms with Crippen LogP contribution >= 0.6 is 0 Å². The van der Waals surface area contributed by atoms with E-state index in [0.29, 0.717) is 16.7 Å². The molecule has 0 atom stereocenters. The van der Waals surface area contributed by atoms with Crippen molar-refractivity contribution in [3.05, 3.63) is 47.5 Å². The zero-order valence-electron chi connectivity index (χ0n) is 10.4. The fraction of sp³-hybridized carbons (Fsp3) is 0.0667. The van der Waals surface area contributed by atoms with E-state index in [0.717, 1.165) is 16.7 Å². The summed E-state index contributed by atoms with van der Waals surface area (Å²) in [5.74, 6) is -0.744. The predicted octanol–water partition coefficient (Wildman–Crippen LogP) is 1.79. The van der Waals surface area contributed by atoms with E-state index in [4.69, 9.17) is 5.73 Å². The molecule has 4 bridgehead atoms. The van der Waals surface area contributed by atoms with Crippen LogP contribution in [-0.2, 0) is 0 Å². The lowest BCUT2D eigenvalue weighted by Crippen LogP contribution is -2.21. The molecule has 0 aromatic heterocycles. The number of primary amides is 1. The predicted molar refractivity (Wildman–Crippen MR) is 72.8 cm³/mol. The van der Waals surface area contributed by atoms with Gasteiger partial charge in [0, 0.05) is 18.2 Å². The number of carbonyl (C=O) groups excluding carboxylic acids is 2. The Labute approximate surface area is 110 Å². The van der Waals surface area contributed by atoms with Gasteiger partial charge in [-0.2, -0.15) is 0 Å². The van der Waals surface area contributed by atoms with Gasteiger partial charge < -0.3 is 11.1 Å². The highest BCUT2D eigenvalue weighted by Gasteiger charge is 2.25. The zero-order chi connectivity index (χ0) is 13.6. The molecule has 2 aliphatic carbocycles. The zero-order valence-corrected chi connectivity index (χ0v) is 10.4. The lowest BCUT2D eigenvalue weighted by atomic mass is 9.92. The number of hydrogen-bond acceptors (Lipinski definition) is 2. The number of rotatable bonds is 2. The van der Waals surface area contributed by atoms with E-state index in [1.165, 1.54) is 0 Å². The number of nitrogens with one attached hydrogen (secondary N) is 1. The largest absolute Gasteiger partial charge is 0.366 e. The van der Waals surface area contributed by atoms with Crippen LogP contribution in [0.1, 0.15) is 20.7 Å². The SMILES string of the molecule is CNC(=O)c1ccc2c(C(N)=O)c1-c1ccc-2cc1. The summed E-state index contributed by atoms with van der Waals surface area (Å²) in [4.78, 5) is 23.7. The van der Waals surface area contributed by atoms with Crippen LogP contribution in [0.2, 0.25) is 0 Å². The van der Waals surface area contributed by atoms with Gasteiger partial charge in [0.25, 0.3) is 5.91 Å². The van der Waals surface area contributed by atoms with E-state index in [-0.39, 0.29) is 5.91 Å². The number of benzene rings is 2. The quantitative estimate of drug-likeness (QED) is 0.729. The fourth-order valence-electron chi connectivity index (χ4n) is 2.54. The minimum absolute atomic E-state index is 0.228. The van der Waals surface area contributed by atoms with Crippen LogP contribution in [-0.4, -0.2) is 18.9 Å². The first-order valence-electron chi connectivity index (χ1n) is 5.93. The van der Waals surface area contributed by atoms with Crippen LogP contribution in [0.3, 0.4) is 0 Å². The molecule has 94 valence electrons. The number of fused-ring (bicyclic) bond motifs is 2. The second-order valence-corrected chi connectivity index (χ2v) is 4.43. The summed E-state index contributed by atoms with van der Waals surface area (Å²) in [7, 11) is 1.56. The molecule has 0 spiro atoms. The van der Waals surface area contributed by atoms with Gasteiger partial charge in [0.05, 0.1) is 5.56 Å². The van der Waals surface area contributed by atoms with Crippen LogP contribution in [0.4, 0.5) is 0 Å². The van der Waals surface area contributed by atoms with Crippen LogP contribution in [0.25, 0.3) is 22.3 Å². The summed E-state index contributed by atoms with van der Waals surface area (Å²) in [6.45, 7) is 0. The third-order valence-corrected chi connectivity index (χ3v) is 3.41. The second-order valence-electron chi connectivity index (χ2n) is 4.43. The fourth-order valence-corrected chi connectivity index (χ4v) is 2.54. The van der Waals surface area contributed by atoms with Gasteiger partial charge in [-0.15, -0.1) is 0 Å². The Morgan fingerprint density at radius 2 is 1.63 bits per heavy atom. The average molecular weight is 252 g/mol. The molecule has 4 heteroatoms. The Balaban J connectivity index is 2.44. The van der Waals surface area contributed by atoms with Gasteiger partial charge in [-0.1, -0.05) is 30.3 Å². The maximum Gasteiger partial charge on any atom is 0.251 e. The van der Waals surface area contributed by atoms with E-state index in [9.17, 15) is 9.59 Å². The van der Waals surface area contributed by atoms with Gasteiger partial charge in [-0.25, -0.2) is 0 Å². The van der Waals surface area contributed by atoms with E-state index < -0.39 is 5.91 Å². The standard InChI is InChI=1S/C15H12N2O2/c1-17-15(19)11-7-6-10-8-2-4-9(5-3-8)12(11)13(10)14(16)18/h2-7H,1H3,(H2,16,18)(H,17,19). The van der Waals surface area contributed by atoms with Crippen molar-refractivity contribution >= 4 is 11.8 Å². The maximum atomic E-state index is 12.0.